The molecule has 0 bridgehead atoms. The zero-order chi connectivity index (χ0) is 15.5. The smallest absolute Gasteiger partial charge is 0.0198 e. The summed E-state index contributed by atoms with van der Waals surface area (Å²) >= 11 is 0. The lowest BCUT2D eigenvalue weighted by molar-refractivity contribution is 0.0124. The Kier molecular flexibility index (Phi) is 5.84. The second kappa shape index (κ2) is 7.66. The minimum absolute atomic E-state index is 0.746. The molecule has 0 aromatic carbocycles. The van der Waals surface area contributed by atoms with Gasteiger partial charge in [0.25, 0.3) is 0 Å². The van der Waals surface area contributed by atoms with E-state index in [0.717, 1.165) is 35.8 Å². The van der Waals surface area contributed by atoms with Crippen molar-refractivity contribution in [1.82, 2.24) is 10.2 Å². The molecule has 1 saturated heterocycles. The van der Waals surface area contributed by atoms with E-state index < -0.39 is 0 Å². The van der Waals surface area contributed by atoms with Crippen LogP contribution in [0.3, 0.4) is 0 Å². The van der Waals surface area contributed by atoms with Crippen molar-refractivity contribution in [2.24, 2.45) is 23.7 Å². The highest BCUT2D eigenvalue weighted by Crippen LogP contribution is 2.35. The second-order valence-electron chi connectivity index (χ2n) is 8.92. The molecule has 4 unspecified atom stereocenters. The Morgan fingerprint density at radius 3 is 2.36 bits per heavy atom. The average Bonchev–Trinajstić information content (AvgIpc) is 2.52. The van der Waals surface area contributed by atoms with Gasteiger partial charge < -0.3 is 5.32 Å². The third kappa shape index (κ3) is 4.06. The highest BCUT2D eigenvalue weighted by Gasteiger charge is 2.38. The molecule has 4 atom stereocenters. The molecule has 2 heteroatoms. The molecule has 0 spiro atoms. The molecule has 0 amide bonds. The average molecular weight is 307 g/mol. The molecule has 2 nitrogen and oxygen atoms in total. The van der Waals surface area contributed by atoms with Gasteiger partial charge in [0.15, 0.2) is 0 Å². The summed E-state index contributed by atoms with van der Waals surface area (Å²) in [6, 6.07) is 1.64. The highest BCUT2D eigenvalue weighted by molar-refractivity contribution is 4.93. The largest absolute Gasteiger partial charge is 0.312 e. The van der Waals surface area contributed by atoms with Gasteiger partial charge in [0.05, 0.1) is 0 Å². The number of piperidine rings is 1. The molecule has 3 aliphatic rings. The fraction of sp³-hybridized carbons (Fsp3) is 1.00. The van der Waals surface area contributed by atoms with E-state index >= 15 is 0 Å². The van der Waals surface area contributed by atoms with Crippen molar-refractivity contribution >= 4 is 0 Å². The van der Waals surface area contributed by atoms with Gasteiger partial charge >= 0.3 is 0 Å². The Morgan fingerprint density at radius 2 is 1.77 bits per heavy atom. The third-order valence-corrected chi connectivity index (χ3v) is 6.92. The zero-order valence-electron chi connectivity index (χ0n) is 15.2. The Bertz CT molecular complexity index is 335. The summed E-state index contributed by atoms with van der Waals surface area (Å²) in [5, 5.41) is 3.98. The van der Waals surface area contributed by atoms with Crippen LogP contribution in [0.4, 0.5) is 0 Å². The van der Waals surface area contributed by atoms with Gasteiger partial charge in [0.2, 0.25) is 0 Å². The predicted molar refractivity (Wildman–Crippen MR) is 95.1 cm³/mol. The van der Waals surface area contributed by atoms with E-state index in [1.165, 1.54) is 71.0 Å². The van der Waals surface area contributed by atoms with E-state index in [1.807, 2.05) is 0 Å². The van der Waals surface area contributed by atoms with Crippen LogP contribution in [-0.2, 0) is 0 Å². The lowest BCUT2D eigenvalue weighted by atomic mass is 9.77. The van der Waals surface area contributed by atoms with Crippen LogP contribution in [-0.4, -0.2) is 36.6 Å². The Labute approximate surface area is 138 Å². The first-order valence-electron chi connectivity index (χ1n) is 10.1. The number of nitrogens with one attached hydrogen (secondary N) is 1. The van der Waals surface area contributed by atoms with E-state index in [0.29, 0.717) is 0 Å². The molecule has 0 radical (unpaired) electrons. The first kappa shape index (κ1) is 16.8. The summed E-state index contributed by atoms with van der Waals surface area (Å²) in [6.07, 6.45) is 11.7. The SMILES string of the molecule is CC(C)C1CC(NCC2CCCCC2)CN(C2CCC2C)C1. The van der Waals surface area contributed by atoms with Crippen molar-refractivity contribution in [2.75, 3.05) is 19.6 Å². The van der Waals surface area contributed by atoms with Crippen LogP contribution in [0.1, 0.15) is 72.1 Å². The molecular formula is C20H38N2. The maximum atomic E-state index is 3.98. The molecule has 1 N–H and O–H groups in total. The minimum Gasteiger partial charge on any atom is -0.312 e. The van der Waals surface area contributed by atoms with Crippen LogP contribution in [0.25, 0.3) is 0 Å². The van der Waals surface area contributed by atoms with Crippen LogP contribution < -0.4 is 5.32 Å². The Balaban J connectivity index is 1.52. The van der Waals surface area contributed by atoms with Crippen LogP contribution in [0.15, 0.2) is 0 Å². The monoisotopic (exact) mass is 306 g/mol. The summed E-state index contributed by atoms with van der Waals surface area (Å²) in [5.41, 5.74) is 0. The van der Waals surface area contributed by atoms with Gasteiger partial charge in [-0.3, -0.25) is 4.90 Å². The molecular weight excluding hydrogens is 268 g/mol. The normalized spacial score (nSPS) is 38.2. The third-order valence-electron chi connectivity index (χ3n) is 6.92. The summed E-state index contributed by atoms with van der Waals surface area (Å²) in [4.78, 5) is 2.85. The molecule has 2 aliphatic carbocycles. The number of nitrogens with zero attached hydrogens (tertiary/aromatic N) is 1. The van der Waals surface area contributed by atoms with E-state index in [9.17, 15) is 0 Å². The van der Waals surface area contributed by atoms with Crippen LogP contribution in [0.5, 0.6) is 0 Å². The van der Waals surface area contributed by atoms with Crippen LogP contribution in [0.2, 0.25) is 0 Å². The first-order valence-corrected chi connectivity index (χ1v) is 10.1. The summed E-state index contributed by atoms with van der Waals surface area (Å²) in [5.74, 6) is 3.62. The van der Waals surface area contributed by atoms with Gasteiger partial charge in [-0.05, 0) is 62.3 Å². The van der Waals surface area contributed by atoms with Crippen molar-refractivity contribution < 1.29 is 0 Å². The molecule has 0 aromatic rings. The fourth-order valence-electron chi connectivity index (χ4n) is 4.99. The standard InChI is InChI=1S/C20H38N2/c1-15(2)18-11-19(21-12-17-7-5-4-6-8-17)14-22(13-18)20-10-9-16(20)3/h15-21H,4-14H2,1-3H3. The van der Waals surface area contributed by atoms with Crippen LogP contribution >= 0.6 is 0 Å². The Hall–Kier alpha value is -0.0800. The fourth-order valence-corrected chi connectivity index (χ4v) is 4.99. The molecule has 2 saturated carbocycles. The van der Waals surface area contributed by atoms with Gasteiger partial charge in [-0.15, -0.1) is 0 Å². The van der Waals surface area contributed by atoms with Gasteiger partial charge in [-0.1, -0.05) is 40.0 Å². The molecule has 1 aliphatic heterocycles. The zero-order valence-corrected chi connectivity index (χ0v) is 15.2. The maximum Gasteiger partial charge on any atom is 0.0198 e. The molecule has 0 aromatic heterocycles. The van der Waals surface area contributed by atoms with Crippen LogP contribution in [0, 0.1) is 23.7 Å². The first-order chi connectivity index (χ1) is 10.6. The number of hydrogen-bond donors (Lipinski definition) is 1. The van der Waals surface area contributed by atoms with Gasteiger partial charge in [-0.2, -0.15) is 0 Å². The van der Waals surface area contributed by atoms with Gasteiger partial charge in [-0.25, -0.2) is 0 Å². The lowest BCUT2D eigenvalue weighted by Gasteiger charge is -2.49. The topological polar surface area (TPSA) is 15.3 Å². The lowest BCUT2D eigenvalue weighted by Crippen LogP contribution is -2.57. The summed E-state index contributed by atoms with van der Waals surface area (Å²) < 4.78 is 0. The minimum atomic E-state index is 0.746. The van der Waals surface area contributed by atoms with Gasteiger partial charge in [0, 0.05) is 25.2 Å². The molecule has 22 heavy (non-hydrogen) atoms. The molecule has 3 fully saturated rings. The van der Waals surface area contributed by atoms with E-state index in [1.54, 1.807) is 0 Å². The van der Waals surface area contributed by atoms with Crippen molar-refractivity contribution in [3.05, 3.63) is 0 Å². The maximum absolute atomic E-state index is 3.98. The number of rotatable bonds is 5. The van der Waals surface area contributed by atoms with Gasteiger partial charge in [0.1, 0.15) is 0 Å². The van der Waals surface area contributed by atoms with E-state index in [-0.39, 0.29) is 0 Å². The van der Waals surface area contributed by atoms with Crippen molar-refractivity contribution in [2.45, 2.75) is 84.2 Å². The predicted octanol–water partition coefficient (Wildman–Crippen LogP) is 4.30. The molecule has 3 rings (SSSR count). The second-order valence-corrected chi connectivity index (χ2v) is 8.92. The van der Waals surface area contributed by atoms with E-state index in [2.05, 4.69) is 31.0 Å². The quantitative estimate of drug-likeness (QED) is 0.814. The summed E-state index contributed by atoms with van der Waals surface area (Å²) in [6.45, 7) is 11.3. The summed E-state index contributed by atoms with van der Waals surface area (Å²) in [7, 11) is 0. The number of hydrogen-bond acceptors (Lipinski definition) is 2. The molecule has 128 valence electrons. The van der Waals surface area contributed by atoms with Crippen molar-refractivity contribution in [3.8, 4) is 0 Å². The highest BCUT2D eigenvalue weighted by atomic mass is 15.2. The number of likely N-dealkylation sites (tertiary alicyclic amines) is 1. The van der Waals surface area contributed by atoms with Crippen molar-refractivity contribution in [1.29, 1.82) is 0 Å². The Morgan fingerprint density at radius 1 is 1.00 bits per heavy atom. The molecule has 1 heterocycles. The van der Waals surface area contributed by atoms with Crippen molar-refractivity contribution in [3.63, 3.8) is 0 Å². The van der Waals surface area contributed by atoms with E-state index in [4.69, 9.17) is 0 Å².